The Morgan fingerprint density at radius 3 is 2.63 bits per heavy atom. The van der Waals surface area contributed by atoms with E-state index in [1.54, 1.807) is 0 Å². The van der Waals surface area contributed by atoms with Gasteiger partial charge in [0, 0.05) is 13.0 Å². The van der Waals surface area contributed by atoms with E-state index in [4.69, 9.17) is 4.74 Å². The van der Waals surface area contributed by atoms with Crippen molar-refractivity contribution >= 4 is 11.9 Å². The SMILES string of the molecule is COC(=O)C(COc1cc(F)ccc1F)NC(C)=O. The fourth-order valence-corrected chi connectivity index (χ4v) is 1.32. The highest BCUT2D eigenvalue weighted by Gasteiger charge is 2.21. The van der Waals surface area contributed by atoms with Crippen molar-refractivity contribution in [3.8, 4) is 5.75 Å². The Kier molecular flexibility index (Phi) is 5.23. The van der Waals surface area contributed by atoms with Crippen molar-refractivity contribution in [2.45, 2.75) is 13.0 Å². The van der Waals surface area contributed by atoms with E-state index in [-0.39, 0.29) is 12.4 Å². The van der Waals surface area contributed by atoms with Crippen LogP contribution in [0.4, 0.5) is 8.78 Å². The van der Waals surface area contributed by atoms with Gasteiger partial charge in [0.15, 0.2) is 17.6 Å². The number of methoxy groups -OCH3 is 1. The molecule has 0 aliphatic carbocycles. The molecule has 0 radical (unpaired) electrons. The summed E-state index contributed by atoms with van der Waals surface area (Å²) in [4.78, 5) is 22.2. The first-order valence-electron chi connectivity index (χ1n) is 5.37. The highest BCUT2D eigenvalue weighted by Crippen LogP contribution is 2.18. The normalized spacial score (nSPS) is 11.6. The first-order valence-corrected chi connectivity index (χ1v) is 5.37. The van der Waals surface area contributed by atoms with E-state index < -0.39 is 29.6 Å². The van der Waals surface area contributed by atoms with Crippen LogP contribution in [0, 0.1) is 11.6 Å². The van der Waals surface area contributed by atoms with Crippen molar-refractivity contribution in [3.05, 3.63) is 29.8 Å². The Morgan fingerprint density at radius 2 is 2.05 bits per heavy atom. The molecular weight excluding hydrogens is 260 g/mol. The van der Waals surface area contributed by atoms with Crippen LogP contribution < -0.4 is 10.1 Å². The molecule has 0 aliphatic rings. The predicted molar refractivity (Wildman–Crippen MR) is 61.5 cm³/mol. The first-order chi connectivity index (χ1) is 8.93. The van der Waals surface area contributed by atoms with E-state index in [1.165, 1.54) is 6.92 Å². The fourth-order valence-electron chi connectivity index (χ4n) is 1.32. The summed E-state index contributed by atoms with van der Waals surface area (Å²) in [6.45, 7) is 0.839. The van der Waals surface area contributed by atoms with Crippen molar-refractivity contribution in [2.24, 2.45) is 0 Å². The predicted octanol–water partition coefficient (Wildman–Crippen LogP) is 1.02. The number of benzene rings is 1. The third-order valence-corrected chi connectivity index (χ3v) is 2.16. The first kappa shape index (κ1) is 14.9. The second-order valence-corrected chi connectivity index (χ2v) is 3.66. The summed E-state index contributed by atoms with van der Waals surface area (Å²) in [6.07, 6.45) is 0. The molecule has 0 aromatic heterocycles. The summed E-state index contributed by atoms with van der Waals surface area (Å²) in [5, 5.41) is 2.28. The van der Waals surface area contributed by atoms with E-state index in [2.05, 4.69) is 10.1 Å². The maximum Gasteiger partial charge on any atom is 0.331 e. The third kappa shape index (κ3) is 4.53. The Morgan fingerprint density at radius 1 is 1.37 bits per heavy atom. The lowest BCUT2D eigenvalue weighted by atomic mass is 10.3. The molecule has 0 fully saturated rings. The van der Waals surface area contributed by atoms with Crippen molar-refractivity contribution in [3.63, 3.8) is 0 Å². The van der Waals surface area contributed by atoms with Gasteiger partial charge in [-0.3, -0.25) is 4.79 Å². The maximum absolute atomic E-state index is 13.3. The Labute approximate surface area is 108 Å². The number of ether oxygens (including phenoxy) is 2. The van der Waals surface area contributed by atoms with Gasteiger partial charge in [-0.15, -0.1) is 0 Å². The van der Waals surface area contributed by atoms with Crippen LogP contribution in [-0.2, 0) is 14.3 Å². The molecule has 0 saturated heterocycles. The number of carbonyl (C=O) groups is 2. The lowest BCUT2D eigenvalue weighted by Crippen LogP contribution is -2.44. The molecule has 1 unspecified atom stereocenters. The molecule has 1 aromatic carbocycles. The van der Waals surface area contributed by atoms with Crippen molar-refractivity contribution < 1.29 is 27.8 Å². The van der Waals surface area contributed by atoms with Gasteiger partial charge in [-0.2, -0.15) is 0 Å². The van der Waals surface area contributed by atoms with Crippen LogP contribution in [0.5, 0.6) is 5.75 Å². The van der Waals surface area contributed by atoms with Gasteiger partial charge in [0.2, 0.25) is 5.91 Å². The van der Waals surface area contributed by atoms with Crippen LogP contribution in [0.1, 0.15) is 6.92 Å². The van der Waals surface area contributed by atoms with Gasteiger partial charge in [-0.05, 0) is 12.1 Å². The van der Waals surface area contributed by atoms with Gasteiger partial charge in [-0.25, -0.2) is 13.6 Å². The van der Waals surface area contributed by atoms with E-state index in [1.807, 2.05) is 0 Å². The second-order valence-electron chi connectivity index (χ2n) is 3.66. The smallest absolute Gasteiger partial charge is 0.331 e. The Hall–Kier alpha value is -2.18. The molecule has 1 amide bonds. The molecule has 1 rings (SSSR count). The molecule has 0 aliphatic heterocycles. The van der Waals surface area contributed by atoms with Gasteiger partial charge < -0.3 is 14.8 Å². The molecule has 1 N–H and O–H groups in total. The van der Waals surface area contributed by atoms with Gasteiger partial charge in [0.1, 0.15) is 12.4 Å². The number of rotatable bonds is 5. The van der Waals surface area contributed by atoms with E-state index >= 15 is 0 Å². The molecule has 104 valence electrons. The van der Waals surface area contributed by atoms with Crippen LogP contribution in [-0.4, -0.2) is 31.6 Å². The number of esters is 1. The van der Waals surface area contributed by atoms with E-state index in [0.717, 1.165) is 25.3 Å². The minimum atomic E-state index is -1.09. The molecule has 1 aromatic rings. The van der Waals surface area contributed by atoms with Crippen LogP contribution in [0.2, 0.25) is 0 Å². The van der Waals surface area contributed by atoms with Crippen LogP contribution in [0.25, 0.3) is 0 Å². The number of hydrogen-bond acceptors (Lipinski definition) is 4. The molecule has 1 atom stereocenters. The highest BCUT2D eigenvalue weighted by molar-refractivity contribution is 5.83. The topological polar surface area (TPSA) is 64.6 Å². The van der Waals surface area contributed by atoms with Crippen LogP contribution >= 0.6 is 0 Å². The number of halogens is 2. The van der Waals surface area contributed by atoms with E-state index in [9.17, 15) is 18.4 Å². The second kappa shape index (κ2) is 6.67. The molecule has 0 spiro atoms. The third-order valence-electron chi connectivity index (χ3n) is 2.16. The van der Waals surface area contributed by atoms with E-state index in [0.29, 0.717) is 0 Å². The highest BCUT2D eigenvalue weighted by atomic mass is 19.1. The Bertz CT molecular complexity index is 479. The Balaban J connectivity index is 2.72. The van der Waals surface area contributed by atoms with Gasteiger partial charge in [0.05, 0.1) is 7.11 Å². The number of hydrogen-bond donors (Lipinski definition) is 1. The maximum atomic E-state index is 13.3. The molecule has 0 heterocycles. The summed E-state index contributed by atoms with van der Waals surface area (Å²) in [7, 11) is 1.14. The fraction of sp³-hybridized carbons (Fsp3) is 0.333. The largest absolute Gasteiger partial charge is 0.488 e. The minimum absolute atomic E-state index is 0.348. The molecule has 0 saturated carbocycles. The average Bonchev–Trinajstić information content (AvgIpc) is 2.36. The summed E-state index contributed by atoms with van der Waals surface area (Å²) in [6, 6.07) is 1.59. The lowest BCUT2D eigenvalue weighted by molar-refractivity contribution is -0.145. The lowest BCUT2D eigenvalue weighted by Gasteiger charge is -2.16. The number of amides is 1. The molecule has 5 nitrogen and oxygen atoms in total. The molecule has 19 heavy (non-hydrogen) atoms. The summed E-state index contributed by atoms with van der Waals surface area (Å²) in [5.41, 5.74) is 0. The minimum Gasteiger partial charge on any atom is -0.488 e. The zero-order valence-corrected chi connectivity index (χ0v) is 10.4. The van der Waals surface area contributed by atoms with Crippen molar-refractivity contribution in [1.82, 2.24) is 5.32 Å². The quantitative estimate of drug-likeness (QED) is 0.814. The van der Waals surface area contributed by atoms with Crippen LogP contribution in [0.15, 0.2) is 18.2 Å². The summed E-state index contributed by atoms with van der Waals surface area (Å²) in [5.74, 6) is -3.01. The summed E-state index contributed by atoms with van der Waals surface area (Å²) < 4.78 is 35.6. The molecular formula is C12H13F2NO4. The van der Waals surface area contributed by atoms with Gasteiger partial charge in [-0.1, -0.05) is 0 Å². The van der Waals surface area contributed by atoms with Gasteiger partial charge >= 0.3 is 5.97 Å². The van der Waals surface area contributed by atoms with Crippen LogP contribution in [0.3, 0.4) is 0 Å². The van der Waals surface area contributed by atoms with Crippen molar-refractivity contribution in [1.29, 1.82) is 0 Å². The molecule has 7 heteroatoms. The zero-order valence-electron chi connectivity index (χ0n) is 10.4. The monoisotopic (exact) mass is 273 g/mol. The zero-order chi connectivity index (χ0) is 14.4. The standard InChI is InChI=1S/C12H13F2NO4/c1-7(16)15-10(12(17)18-2)6-19-11-5-8(13)3-4-9(11)14/h3-5,10H,6H2,1-2H3,(H,15,16). The number of carbonyl (C=O) groups excluding carboxylic acids is 2. The average molecular weight is 273 g/mol. The number of nitrogens with one attached hydrogen (secondary N) is 1. The van der Waals surface area contributed by atoms with Crippen molar-refractivity contribution in [2.75, 3.05) is 13.7 Å². The summed E-state index contributed by atoms with van der Waals surface area (Å²) >= 11 is 0. The van der Waals surface area contributed by atoms with Gasteiger partial charge in [0.25, 0.3) is 0 Å². The molecule has 0 bridgehead atoms.